The molecule has 4 nitrogen and oxygen atoms in total. The predicted molar refractivity (Wildman–Crippen MR) is 130 cm³/mol. The molecule has 1 aliphatic carbocycles. The van der Waals surface area contributed by atoms with E-state index < -0.39 is 0 Å². The largest absolute Gasteiger partial charge is 0.344 e. The SMILES string of the molecule is CC(C)(C)[C@H]1CCc2nc3sc(C(=O)N[C@H](CC=O)c4ccc(Br)cc4)cc3cc2C1. The summed E-state index contributed by atoms with van der Waals surface area (Å²) in [7, 11) is 0. The summed E-state index contributed by atoms with van der Waals surface area (Å²) in [5.41, 5.74) is 3.69. The Balaban J connectivity index is 1.57. The fourth-order valence-electron chi connectivity index (χ4n) is 4.27. The molecule has 2 heterocycles. The second-order valence-electron chi connectivity index (χ2n) is 9.38. The first-order valence-corrected chi connectivity index (χ1v) is 12.3. The number of halogens is 1. The van der Waals surface area contributed by atoms with Gasteiger partial charge in [0.1, 0.15) is 11.1 Å². The van der Waals surface area contributed by atoms with Gasteiger partial charge in [0.05, 0.1) is 10.9 Å². The van der Waals surface area contributed by atoms with Crippen molar-refractivity contribution in [1.29, 1.82) is 0 Å². The van der Waals surface area contributed by atoms with E-state index in [1.165, 1.54) is 22.6 Å². The molecule has 1 amide bonds. The standard InChI is InChI=1S/C25H27BrN2O2S/c1-25(2,3)18-6-9-20-16(13-18)12-17-14-22(31-24(17)28-20)23(30)27-21(10-11-29)15-4-7-19(26)8-5-15/h4-5,7-8,11-12,14,18,21H,6,9-10,13H2,1-3H3,(H,27,30)/t18-,21+/m0/s1. The van der Waals surface area contributed by atoms with Gasteiger partial charge >= 0.3 is 0 Å². The topological polar surface area (TPSA) is 59.1 Å². The van der Waals surface area contributed by atoms with E-state index in [4.69, 9.17) is 4.98 Å². The number of carbonyl (C=O) groups is 2. The third-order valence-corrected chi connectivity index (χ3v) is 7.80. The first kappa shape index (κ1) is 22.2. The molecule has 0 aliphatic heterocycles. The molecule has 0 fully saturated rings. The third kappa shape index (κ3) is 4.90. The number of pyridine rings is 1. The van der Waals surface area contributed by atoms with Crippen molar-refractivity contribution >= 4 is 49.7 Å². The second kappa shape index (κ2) is 8.83. The van der Waals surface area contributed by atoms with Crippen molar-refractivity contribution in [3.05, 3.63) is 62.6 Å². The van der Waals surface area contributed by atoms with Crippen LogP contribution in [0, 0.1) is 11.3 Å². The molecule has 0 bridgehead atoms. The van der Waals surface area contributed by atoms with Crippen molar-refractivity contribution in [3.8, 4) is 0 Å². The number of rotatable bonds is 5. The Labute approximate surface area is 195 Å². The van der Waals surface area contributed by atoms with Crippen molar-refractivity contribution < 1.29 is 9.59 Å². The lowest BCUT2D eigenvalue weighted by atomic mass is 9.71. The Morgan fingerprint density at radius 1 is 1.29 bits per heavy atom. The Bertz CT molecular complexity index is 1110. The van der Waals surface area contributed by atoms with Gasteiger partial charge in [0.2, 0.25) is 0 Å². The number of hydrogen-bond acceptors (Lipinski definition) is 4. The summed E-state index contributed by atoms with van der Waals surface area (Å²) in [6.45, 7) is 6.93. The van der Waals surface area contributed by atoms with Crippen molar-refractivity contribution in [2.24, 2.45) is 11.3 Å². The van der Waals surface area contributed by atoms with Gasteiger partial charge in [0.15, 0.2) is 0 Å². The normalized spacial score (nSPS) is 17.2. The Hall–Kier alpha value is -2.05. The molecule has 0 saturated carbocycles. The lowest BCUT2D eigenvalue weighted by Gasteiger charge is -2.34. The number of aromatic nitrogens is 1. The molecule has 1 aliphatic rings. The number of amides is 1. The van der Waals surface area contributed by atoms with Crippen molar-refractivity contribution in [1.82, 2.24) is 10.3 Å². The van der Waals surface area contributed by atoms with Crippen LogP contribution in [0.4, 0.5) is 0 Å². The zero-order valence-corrected chi connectivity index (χ0v) is 20.5. The van der Waals surface area contributed by atoms with Crippen molar-refractivity contribution in [2.45, 2.75) is 52.5 Å². The zero-order chi connectivity index (χ0) is 22.2. The van der Waals surface area contributed by atoms with E-state index in [0.717, 1.165) is 45.8 Å². The number of aldehydes is 1. The molecule has 0 spiro atoms. The summed E-state index contributed by atoms with van der Waals surface area (Å²) in [5.74, 6) is 0.485. The summed E-state index contributed by atoms with van der Waals surface area (Å²) in [6.07, 6.45) is 4.29. The van der Waals surface area contributed by atoms with Crippen LogP contribution in [0.1, 0.15) is 66.1 Å². The van der Waals surface area contributed by atoms with Gasteiger partial charge in [-0.3, -0.25) is 4.79 Å². The molecular weight excluding hydrogens is 472 g/mol. The number of nitrogens with one attached hydrogen (secondary N) is 1. The highest BCUT2D eigenvalue weighted by Gasteiger charge is 2.29. The van der Waals surface area contributed by atoms with Crippen LogP contribution in [0.5, 0.6) is 0 Å². The number of carbonyl (C=O) groups excluding carboxylic acids is 2. The minimum Gasteiger partial charge on any atom is -0.344 e. The molecule has 1 aromatic carbocycles. The van der Waals surface area contributed by atoms with Crippen LogP contribution in [0.2, 0.25) is 0 Å². The molecule has 4 rings (SSSR count). The summed E-state index contributed by atoms with van der Waals surface area (Å²) in [4.78, 5) is 30.6. The van der Waals surface area contributed by atoms with E-state index in [-0.39, 0.29) is 23.8 Å². The number of nitrogens with zero attached hydrogens (tertiary/aromatic N) is 1. The second-order valence-corrected chi connectivity index (χ2v) is 11.3. The van der Waals surface area contributed by atoms with Gasteiger partial charge in [-0.15, -0.1) is 11.3 Å². The predicted octanol–water partition coefficient (Wildman–Crippen LogP) is 6.27. The number of thiophene rings is 1. The Morgan fingerprint density at radius 3 is 2.71 bits per heavy atom. The summed E-state index contributed by atoms with van der Waals surface area (Å²) >= 11 is 4.84. The summed E-state index contributed by atoms with van der Waals surface area (Å²) < 4.78 is 0.959. The average molecular weight is 499 g/mol. The highest BCUT2D eigenvalue weighted by Crippen LogP contribution is 2.38. The van der Waals surface area contributed by atoms with Gasteiger partial charge in [-0.25, -0.2) is 4.98 Å². The van der Waals surface area contributed by atoms with Gasteiger partial charge in [-0.2, -0.15) is 0 Å². The number of fused-ring (bicyclic) bond motifs is 2. The molecule has 0 unspecified atom stereocenters. The highest BCUT2D eigenvalue weighted by atomic mass is 79.9. The molecule has 0 saturated heterocycles. The van der Waals surface area contributed by atoms with Crippen molar-refractivity contribution in [2.75, 3.05) is 0 Å². The minimum absolute atomic E-state index is 0.164. The van der Waals surface area contributed by atoms with Crippen LogP contribution >= 0.6 is 27.3 Å². The summed E-state index contributed by atoms with van der Waals surface area (Å²) in [5, 5.41) is 4.05. The average Bonchev–Trinajstić information content (AvgIpc) is 3.14. The van der Waals surface area contributed by atoms with Crippen LogP contribution in [-0.2, 0) is 17.6 Å². The first-order chi connectivity index (χ1) is 14.7. The zero-order valence-electron chi connectivity index (χ0n) is 18.1. The first-order valence-electron chi connectivity index (χ1n) is 10.7. The van der Waals surface area contributed by atoms with Gasteiger partial charge in [-0.05, 0) is 66.0 Å². The van der Waals surface area contributed by atoms with Gasteiger partial charge in [0, 0.05) is 22.0 Å². The molecule has 6 heteroatoms. The maximum absolute atomic E-state index is 13.0. The molecule has 2 atom stereocenters. The number of aryl methyl sites for hydroxylation is 1. The van der Waals surface area contributed by atoms with E-state index in [2.05, 4.69) is 48.1 Å². The van der Waals surface area contributed by atoms with E-state index in [9.17, 15) is 9.59 Å². The molecule has 3 aromatic rings. The minimum atomic E-state index is -0.350. The molecule has 0 radical (unpaired) electrons. The molecular formula is C25H27BrN2O2S. The number of benzene rings is 1. The Kier molecular flexibility index (Phi) is 6.31. The van der Waals surface area contributed by atoms with E-state index >= 15 is 0 Å². The van der Waals surface area contributed by atoms with Gasteiger partial charge in [-0.1, -0.05) is 48.8 Å². The fraction of sp³-hybridized carbons (Fsp3) is 0.400. The third-order valence-electron chi connectivity index (χ3n) is 6.23. The van der Waals surface area contributed by atoms with Gasteiger partial charge < -0.3 is 10.1 Å². The fourth-order valence-corrected chi connectivity index (χ4v) is 5.48. The maximum Gasteiger partial charge on any atom is 0.261 e. The Morgan fingerprint density at radius 2 is 2.03 bits per heavy atom. The molecule has 31 heavy (non-hydrogen) atoms. The summed E-state index contributed by atoms with van der Waals surface area (Å²) in [6, 6.07) is 11.5. The van der Waals surface area contributed by atoms with Crippen LogP contribution < -0.4 is 5.32 Å². The monoisotopic (exact) mass is 498 g/mol. The molecule has 1 N–H and O–H groups in total. The van der Waals surface area contributed by atoms with Crippen LogP contribution in [-0.4, -0.2) is 17.2 Å². The van der Waals surface area contributed by atoms with Crippen LogP contribution in [0.15, 0.2) is 40.9 Å². The highest BCUT2D eigenvalue weighted by molar-refractivity contribution is 9.10. The smallest absolute Gasteiger partial charge is 0.261 e. The van der Waals surface area contributed by atoms with E-state index in [1.54, 1.807) is 0 Å². The maximum atomic E-state index is 13.0. The van der Waals surface area contributed by atoms with Crippen LogP contribution in [0.25, 0.3) is 10.2 Å². The molecule has 2 aromatic heterocycles. The molecule has 162 valence electrons. The van der Waals surface area contributed by atoms with Crippen molar-refractivity contribution in [3.63, 3.8) is 0 Å². The lowest BCUT2D eigenvalue weighted by Crippen LogP contribution is -2.28. The lowest BCUT2D eigenvalue weighted by molar-refractivity contribution is -0.108. The van der Waals surface area contributed by atoms with Gasteiger partial charge in [0.25, 0.3) is 5.91 Å². The quantitative estimate of drug-likeness (QED) is 0.421. The van der Waals surface area contributed by atoms with Crippen LogP contribution in [0.3, 0.4) is 0 Å². The number of hydrogen-bond donors (Lipinski definition) is 1. The van der Waals surface area contributed by atoms with E-state index in [0.29, 0.717) is 10.8 Å². The van der Waals surface area contributed by atoms with E-state index in [1.807, 2.05) is 30.3 Å².